The van der Waals surface area contributed by atoms with Crippen molar-refractivity contribution in [2.45, 2.75) is 32.6 Å². The van der Waals surface area contributed by atoms with Crippen LogP contribution in [-0.2, 0) is 16.0 Å². The SMILES string of the molecule is CC1CN(C(=O)c2ccc(CNc3cc(C(=O)N4CCOCC4)c4ccccc4n3)cc2)CC(C)O1. The lowest BCUT2D eigenvalue weighted by Crippen LogP contribution is -2.48. The Bertz CT molecular complexity index is 1230. The topological polar surface area (TPSA) is 84.0 Å². The van der Waals surface area contributed by atoms with Gasteiger partial charge in [0, 0.05) is 43.7 Å². The minimum atomic E-state index is -0.00503. The van der Waals surface area contributed by atoms with Crippen LogP contribution in [0, 0.1) is 0 Å². The predicted octanol–water partition coefficient (Wildman–Crippen LogP) is 3.57. The van der Waals surface area contributed by atoms with Crippen molar-refractivity contribution >= 4 is 28.5 Å². The molecule has 2 amide bonds. The van der Waals surface area contributed by atoms with Gasteiger partial charge in [-0.2, -0.15) is 0 Å². The van der Waals surface area contributed by atoms with E-state index in [1.807, 2.05) is 78.2 Å². The molecule has 0 bridgehead atoms. The lowest BCUT2D eigenvalue weighted by Gasteiger charge is -2.35. The third-order valence-corrected chi connectivity index (χ3v) is 6.63. The molecular weight excluding hydrogens is 456 g/mol. The normalized spacial score (nSPS) is 20.4. The molecule has 8 heteroatoms. The average molecular weight is 489 g/mol. The molecule has 2 unspecified atom stereocenters. The number of benzene rings is 2. The highest BCUT2D eigenvalue weighted by Crippen LogP contribution is 2.23. The van der Waals surface area contributed by atoms with Crippen molar-refractivity contribution in [1.29, 1.82) is 0 Å². The molecule has 2 aliphatic rings. The van der Waals surface area contributed by atoms with Gasteiger partial charge in [0.2, 0.25) is 0 Å². The molecule has 0 saturated carbocycles. The first-order valence-electron chi connectivity index (χ1n) is 12.5. The molecule has 2 aromatic carbocycles. The summed E-state index contributed by atoms with van der Waals surface area (Å²) in [6.07, 6.45) is 0.0753. The molecule has 188 valence electrons. The van der Waals surface area contributed by atoms with Crippen molar-refractivity contribution < 1.29 is 19.1 Å². The van der Waals surface area contributed by atoms with Gasteiger partial charge in [-0.15, -0.1) is 0 Å². The van der Waals surface area contributed by atoms with Crippen LogP contribution >= 0.6 is 0 Å². The number of hydrogen-bond acceptors (Lipinski definition) is 6. The van der Waals surface area contributed by atoms with E-state index < -0.39 is 0 Å². The summed E-state index contributed by atoms with van der Waals surface area (Å²) in [5, 5.41) is 4.20. The van der Waals surface area contributed by atoms with E-state index >= 15 is 0 Å². The van der Waals surface area contributed by atoms with Crippen molar-refractivity contribution in [3.05, 3.63) is 71.3 Å². The second kappa shape index (κ2) is 10.6. The molecule has 2 saturated heterocycles. The zero-order valence-corrected chi connectivity index (χ0v) is 20.8. The maximum absolute atomic E-state index is 13.3. The third-order valence-electron chi connectivity index (χ3n) is 6.63. The molecule has 3 aromatic rings. The van der Waals surface area contributed by atoms with Crippen molar-refractivity contribution in [1.82, 2.24) is 14.8 Å². The number of fused-ring (bicyclic) bond motifs is 1. The molecule has 0 spiro atoms. The second-order valence-corrected chi connectivity index (χ2v) is 9.49. The molecule has 5 rings (SSSR count). The lowest BCUT2D eigenvalue weighted by molar-refractivity contribution is -0.0586. The van der Waals surface area contributed by atoms with Gasteiger partial charge in [-0.05, 0) is 43.7 Å². The Morgan fingerprint density at radius 1 is 0.944 bits per heavy atom. The number of pyridine rings is 1. The van der Waals surface area contributed by atoms with Crippen LogP contribution in [0.1, 0.15) is 40.1 Å². The van der Waals surface area contributed by atoms with E-state index in [-0.39, 0.29) is 24.0 Å². The number of aromatic nitrogens is 1. The van der Waals surface area contributed by atoms with Gasteiger partial charge in [-0.25, -0.2) is 4.98 Å². The van der Waals surface area contributed by atoms with Crippen molar-refractivity contribution in [3.8, 4) is 0 Å². The first-order chi connectivity index (χ1) is 17.5. The number of rotatable bonds is 5. The fraction of sp³-hybridized carbons (Fsp3) is 0.393. The molecule has 2 aliphatic heterocycles. The van der Waals surface area contributed by atoms with Gasteiger partial charge in [-0.3, -0.25) is 9.59 Å². The maximum atomic E-state index is 13.3. The smallest absolute Gasteiger partial charge is 0.254 e. The average Bonchev–Trinajstić information content (AvgIpc) is 2.91. The molecule has 0 aliphatic carbocycles. The van der Waals surface area contributed by atoms with Gasteiger partial charge in [0.15, 0.2) is 0 Å². The van der Waals surface area contributed by atoms with Gasteiger partial charge in [0.1, 0.15) is 5.82 Å². The summed E-state index contributed by atoms with van der Waals surface area (Å²) < 4.78 is 11.1. The van der Waals surface area contributed by atoms with E-state index in [9.17, 15) is 9.59 Å². The number of anilines is 1. The number of carbonyl (C=O) groups is 2. The Labute approximate surface area is 211 Å². The summed E-state index contributed by atoms with van der Waals surface area (Å²) in [7, 11) is 0. The summed E-state index contributed by atoms with van der Waals surface area (Å²) >= 11 is 0. The van der Waals surface area contributed by atoms with E-state index in [1.54, 1.807) is 0 Å². The predicted molar refractivity (Wildman–Crippen MR) is 138 cm³/mol. The van der Waals surface area contributed by atoms with Crippen LogP contribution in [0.4, 0.5) is 5.82 Å². The first-order valence-corrected chi connectivity index (χ1v) is 12.5. The zero-order chi connectivity index (χ0) is 25.1. The van der Waals surface area contributed by atoms with Crippen LogP contribution in [0.2, 0.25) is 0 Å². The molecule has 2 atom stereocenters. The first kappa shape index (κ1) is 24.2. The number of hydrogen-bond donors (Lipinski definition) is 1. The Hall–Kier alpha value is -3.49. The Kier molecular flexibility index (Phi) is 7.16. The summed E-state index contributed by atoms with van der Waals surface area (Å²) in [5.41, 5.74) is 3.10. The van der Waals surface area contributed by atoms with E-state index in [2.05, 4.69) is 5.32 Å². The highest BCUT2D eigenvalue weighted by atomic mass is 16.5. The lowest BCUT2D eigenvalue weighted by atomic mass is 10.1. The minimum absolute atomic E-state index is 0.00503. The molecule has 0 radical (unpaired) electrons. The molecular formula is C28H32N4O4. The molecule has 1 N–H and O–H groups in total. The van der Waals surface area contributed by atoms with E-state index in [0.29, 0.717) is 62.9 Å². The Morgan fingerprint density at radius 3 is 2.36 bits per heavy atom. The van der Waals surface area contributed by atoms with E-state index in [1.165, 1.54) is 0 Å². The van der Waals surface area contributed by atoms with Crippen molar-refractivity contribution in [3.63, 3.8) is 0 Å². The van der Waals surface area contributed by atoms with Crippen LogP contribution in [0.5, 0.6) is 0 Å². The van der Waals surface area contributed by atoms with Crippen LogP contribution in [0.25, 0.3) is 10.9 Å². The number of morpholine rings is 2. The standard InChI is InChI=1S/C28H32N4O4/c1-19-17-32(18-20(2)36-19)27(33)22-9-7-21(8-10-22)16-29-26-15-24(23-5-3-4-6-25(23)30-26)28(34)31-11-13-35-14-12-31/h3-10,15,19-20H,11-14,16-18H2,1-2H3,(H,29,30). The number of nitrogens with one attached hydrogen (secondary N) is 1. The number of amides is 2. The fourth-order valence-electron chi connectivity index (χ4n) is 4.86. The van der Waals surface area contributed by atoms with Gasteiger partial charge in [-0.1, -0.05) is 30.3 Å². The van der Waals surface area contributed by atoms with Crippen LogP contribution < -0.4 is 5.32 Å². The molecule has 2 fully saturated rings. The Balaban J connectivity index is 1.29. The van der Waals surface area contributed by atoms with Crippen LogP contribution in [0.3, 0.4) is 0 Å². The minimum Gasteiger partial charge on any atom is -0.378 e. The summed E-state index contributed by atoms with van der Waals surface area (Å²) in [6, 6.07) is 17.2. The molecule has 36 heavy (non-hydrogen) atoms. The summed E-state index contributed by atoms with van der Waals surface area (Å²) in [6.45, 7) is 8.01. The van der Waals surface area contributed by atoms with Crippen LogP contribution in [0.15, 0.2) is 54.6 Å². The molecule has 8 nitrogen and oxygen atoms in total. The zero-order valence-electron chi connectivity index (χ0n) is 20.8. The van der Waals surface area contributed by atoms with Gasteiger partial charge < -0.3 is 24.6 Å². The highest BCUT2D eigenvalue weighted by molar-refractivity contribution is 6.07. The highest BCUT2D eigenvalue weighted by Gasteiger charge is 2.26. The maximum Gasteiger partial charge on any atom is 0.254 e. The van der Waals surface area contributed by atoms with Crippen LogP contribution in [-0.4, -0.2) is 78.2 Å². The second-order valence-electron chi connectivity index (χ2n) is 9.49. The summed E-state index contributed by atoms with van der Waals surface area (Å²) in [4.78, 5) is 34.6. The van der Waals surface area contributed by atoms with E-state index in [0.717, 1.165) is 16.5 Å². The molecule has 1 aromatic heterocycles. The van der Waals surface area contributed by atoms with Gasteiger partial charge in [0.25, 0.3) is 11.8 Å². The van der Waals surface area contributed by atoms with Gasteiger partial charge >= 0.3 is 0 Å². The Morgan fingerprint density at radius 2 is 1.64 bits per heavy atom. The van der Waals surface area contributed by atoms with Gasteiger partial charge in [0.05, 0.1) is 36.5 Å². The quantitative estimate of drug-likeness (QED) is 0.591. The number of ether oxygens (including phenoxy) is 2. The fourth-order valence-corrected chi connectivity index (χ4v) is 4.86. The van der Waals surface area contributed by atoms with Crippen molar-refractivity contribution in [2.75, 3.05) is 44.7 Å². The number of carbonyl (C=O) groups excluding carboxylic acids is 2. The summed E-state index contributed by atoms with van der Waals surface area (Å²) in [5.74, 6) is 0.662. The third kappa shape index (κ3) is 5.34. The molecule has 3 heterocycles. The van der Waals surface area contributed by atoms with E-state index in [4.69, 9.17) is 14.5 Å². The number of para-hydroxylation sites is 1. The monoisotopic (exact) mass is 488 g/mol. The number of nitrogens with zero attached hydrogens (tertiary/aromatic N) is 3. The largest absolute Gasteiger partial charge is 0.378 e. The van der Waals surface area contributed by atoms with Crippen molar-refractivity contribution in [2.24, 2.45) is 0 Å².